The van der Waals surface area contributed by atoms with Crippen LogP contribution in [0.4, 0.5) is 11.5 Å². The van der Waals surface area contributed by atoms with Crippen LogP contribution >= 0.6 is 11.3 Å². The fourth-order valence-corrected chi connectivity index (χ4v) is 4.76. The van der Waals surface area contributed by atoms with Gasteiger partial charge in [-0.05, 0) is 29.8 Å². The van der Waals surface area contributed by atoms with Gasteiger partial charge in [0, 0.05) is 19.4 Å². The van der Waals surface area contributed by atoms with Crippen LogP contribution in [-0.4, -0.2) is 17.3 Å². The standard InChI is InChI=1S/C20H16N2O4S/c1-21-19-18(27-20(21)24)14(12-7-8-15-16(9-12)26-11-25-15)10-17(23)22(19)13-5-3-2-4-6-13/h2-9,14H,10-11H2,1H3. The van der Waals surface area contributed by atoms with Crippen LogP contribution in [-0.2, 0) is 11.8 Å². The zero-order valence-corrected chi connectivity index (χ0v) is 15.4. The number of ether oxygens (including phenoxy) is 2. The van der Waals surface area contributed by atoms with E-state index in [-0.39, 0.29) is 23.5 Å². The SMILES string of the molecule is Cn1c2c(sc1=O)C(c1ccc3c(c1)OCO3)CC(=O)N2c1ccccc1. The van der Waals surface area contributed by atoms with Gasteiger partial charge >= 0.3 is 4.87 Å². The van der Waals surface area contributed by atoms with Crippen molar-refractivity contribution in [2.24, 2.45) is 7.05 Å². The van der Waals surface area contributed by atoms with Crippen LogP contribution in [0, 0.1) is 0 Å². The van der Waals surface area contributed by atoms with Gasteiger partial charge in [0.25, 0.3) is 0 Å². The number of aromatic nitrogens is 1. The van der Waals surface area contributed by atoms with E-state index in [2.05, 4.69) is 0 Å². The molecule has 0 aliphatic carbocycles. The van der Waals surface area contributed by atoms with Gasteiger partial charge in [-0.15, -0.1) is 0 Å². The number of nitrogens with zero attached hydrogens (tertiary/aromatic N) is 2. The molecule has 0 spiro atoms. The monoisotopic (exact) mass is 380 g/mol. The maximum absolute atomic E-state index is 13.1. The number of rotatable bonds is 2. The first-order valence-corrected chi connectivity index (χ1v) is 9.42. The molecule has 6 nitrogen and oxygen atoms in total. The fraction of sp³-hybridized carbons (Fsp3) is 0.200. The number of para-hydroxylation sites is 1. The van der Waals surface area contributed by atoms with Crippen molar-refractivity contribution in [1.29, 1.82) is 0 Å². The number of carbonyl (C=O) groups excluding carboxylic acids is 1. The number of hydrogen-bond acceptors (Lipinski definition) is 5. The van der Waals surface area contributed by atoms with Crippen LogP contribution in [0.15, 0.2) is 53.3 Å². The van der Waals surface area contributed by atoms with Gasteiger partial charge in [-0.3, -0.25) is 19.1 Å². The van der Waals surface area contributed by atoms with E-state index in [1.807, 2.05) is 48.5 Å². The zero-order chi connectivity index (χ0) is 18.5. The molecular weight excluding hydrogens is 364 g/mol. The zero-order valence-electron chi connectivity index (χ0n) is 14.5. The van der Waals surface area contributed by atoms with E-state index < -0.39 is 0 Å². The van der Waals surface area contributed by atoms with Crippen LogP contribution in [0.3, 0.4) is 0 Å². The first-order valence-electron chi connectivity index (χ1n) is 8.61. The Balaban J connectivity index is 1.67. The molecule has 27 heavy (non-hydrogen) atoms. The third-order valence-corrected chi connectivity index (χ3v) is 6.11. The molecule has 3 aromatic rings. The molecule has 1 unspecified atom stereocenters. The summed E-state index contributed by atoms with van der Waals surface area (Å²) in [5, 5.41) is 0. The average Bonchev–Trinajstić information content (AvgIpc) is 3.27. The van der Waals surface area contributed by atoms with Crippen LogP contribution in [0.5, 0.6) is 11.5 Å². The lowest BCUT2D eigenvalue weighted by molar-refractivity contribution is -0.118. The van der Waals surface area contributed by atoms with E-state index in [4.69, 9.17) is 9.47 Å². The summed E-state index contributed by atoms with van der Waals surface area (Å²) < 4.78 is 12.4. The predicted octanol–water partition coefficient (Wildman–Crippen LogP) is 3.38. The molecular formula is C20H16N2O4S. The molecule has 0 radical (unpaired) electrons. The van der Waals surface area contributed by atoms with Crippen molar-refractivity contribution in [1.82, 2.24) is 4.57 Å². The summed E-state index contributed by atoms with van der Waals surface area (Å²) in [6, 6.07) is 15.1. The summed E-state index contributed by atoms with van der Waals surface area (Å²) in [6.45, 7) is 0.202. The minimum Gasteiger partial charge on any atom is -0.454 e. The van der Waals surface area contributed by atoms with Crippen molar-refractivity contribution in [3.05, 3.63) is 68.6 Å². The largest absolute Gasteiger partial charge is 0.454 e. The quantitative estimate of drug-likeness (QED) is 0.684. The highest BCUT2D eigenvalue weighted by atomic mass is 32.1. The third kappa shape index (κ3) is 2.46. The summed E-state index contributed by atoms with van der Waals surface area (Å²) in [7, 11) is 1.71. The van der Waals surface area contributed by atoms with Gasteiger partial charge in [-0.25, -0.2) is 0 Å². The maximum atomic E-state index is 13.1. The van der Waals surface area contributed by atoms with E-state index in [0.29, 0.717) is 23.7 Å². The lowest BCUT2D eigenvalue weighted by atomic mass is 9.90. The number of fused-ring (bicyclic) bond motifs is 2. The molecule has 136 valence electrons. The molecule has 2 aromatic carbocycles. The lowest BCUT2D eigenvalue weighted by Gasteiger charge is -2.32. The molecule has 3 heterocycles. The van der Waals surface area contributed by atoms with Crippen LogP contribution < -0.4 is 19.2 Å². The van der Waals surface area contributed by atoms with Crippen molar-refractivity contribution < 1.29 is 14.3 Å². The Hall–Kier alpha value is -3.06. The van der Waals surface area contributed by atoms with Gasteiger partial charge < -0.3 is 9.47 Å². The molecule has 1 atom stereocenters. The summed E-state index contributed by atoms with van der Waals surface area (Å²) in [5.74, 6) is 1.81. The van der Waals surface area contributed by atoms with E-state index >= 15 is 0 Å². The Morgan fingerprint density at radius 2 is 1.81 bits per heavy atom. The van der Waals surface area contributed by atoms with E-state index in [0.717, 1.165) is 16.1 Å². The highest BCUT2D eigenvalue weighted by molar-refractivity contribution is 7.10. The molecule has 2 aliphatic heterocycles. The number of thiazole rings is 1. The highest BCUT2D eigenvalue weighted by Crippen LogP contribution is 2.46. The van der Waals surface area contributed by atoms with E-state index in [1.165, 1.54) is 11.3 Å². The number of amides is 1. The van der Waals surface area contributed by atoms with Crippen LogP contribution in [0.1, 0.15) is 22.8 Å². The number of carbonyl (C=O) groups is 1. The summed E-state index contributed by atoms with van der Waals surface area (Å²) >= 11 is 1.19. The Labute approximate surface area is 159 Å². The molecule has 1 aromatic heterocycles. The summed E-state index contributed by atoms with van der Waals surface area (Å²) in [5.41, 5.74) is 1.71. The Morgan fingerprint density at radius 3 is 2.63 bits per heavy atom. The van der Waals surface area contributed by atoms with Crippen LogP contribution in [0.2, 0.25) is 0 Å². The van der Waals surface area contributed by atoms with Gasteiger partial charge in [-0.1, -0.05) is 35.6 Å². The second-order valence-corrected chi connectivity index (χ2v) is 7.54. The van der Waals surface area contributed by atoms with Crippen molar-refractivity contribution in [2.75, 3.05) is 11.7 Å². The first kappa shape index (κ1) is 16.1. The van der Waals surface area contributed by atoms with Gasteiger partial charge in [0.2, 0.25) is 12.7 Å². The number of hydrogen-bond donors (Lipinski definition) is 0. The second-order valence-electron chi connectivity index (χ2n) is 6.55. The maximum Gasteiger partial charge on any atom is 0.308 e. The first-order chi connectivity index (χ1) is 13.1. The second kappa shape index (κ2) is 5.99. The summed E-state index contributed by atoms with van der Waals surface area (Å²) in [4.78, 5) is 28.0. The Kier molecular flexibility index (Phi) is 3.58. The van der Waals surface area contributed by atoms with Crippen molar-refractivity contribution in [3.63, 3.8) is 0 Å². The summed E-state index contributed by atoms with van der Waals surface area (Å²) in [6.07, 6.45) is 0.293. The fourth-order valence-electron chi connectivity index (χ4n) is 3.67. The minimum absolute atomic E-state index is 0.0373. The molecule has 0 N–H and O–H groups in total. The Bertz CT molecular complexity index is 1100. The van der Waals surface area contributed by atoms with Gasteiger partial charge in [0.1, 0.15) is 5.82 Å². The third-order valence-electron chi connectivity index (χ3n) is 4.98. The molecule has 7 heteroatoms. The average molecular weight is 380 g/mol. The number of benzene rings is 2. The van der Waals surface area contributed by atoms with Gasteiger partial charge in [0.05, 0.1) is 10.6 Å². The molecule has 0 saturated heterocycles. The van der Waals surface area contributed by atoms with Crippen molar-refractivity contribution >= 4 is 28.7 Å². The molecule has 1 amide bonds. The lowest BCUT2D eigenvalue weighted by Crippen LogP contribution is -2.34. The molecule has 0 bridgehead atoms. The van der Waals surface area contributed by atoms with Crippen molar-refractivity contribution in [2.45, 2.75) is 12.3 Å². The molecule has 2 aliphatic rings. The van der Waals surface area contributed by atoms with Gasteiger partial charge in [0.15, 0.2) is 11.5 Å². The number of anilines is 2. The molecule has 0 saturated carbocycles. The minimum atomic E-state index is -0.180. The Morgan fingerprint density at radius 1 is 1.04 bits per heavy atom. The van der Waals surface area contributed by atoms with Crippen molar-refractivity contribution in [3.8, 4) is 11.5 Å². The predicted molar refractivity (Wildman–Crippen MR) is 102 cm³/mol. The topological polar surface area (TPSA) is 60.8 Å². The normalized spacial score (nSPS) is 17.9. The van der Waals surface area contributed by atoms with E-state index in [9.17, 15) is 9.59 Å². The molecule has 5 rings (SSSR count). The smallest absolute Gasteiger partial charge is 0.308 e. The van der Waals surface area contributed by atoms with Gasteiger partial charge in [-0.2, -0.15) is 0 Å². The molecule has 0 fully saturated rings. The van der Waals surface area contributed by atoms with Crippen LogP contribution in [0.25, 0.3) is 0 Å². The van der Waals surface area contributed by atoms with E-state index in [1.54, 1.807) is 16.5 Å². The highest BCUT2D eigenvalue weighted by Gasteiger charge is 2.37.